The summed E-state index contributed by atoms with van der Waals surface area (Å²) in [5.74, 6) is 1.89. The van der Waals surface area contributed by atoms with Crippen LogP contribution >= 0.6 is 12.4 Å². The van der Waals surface area contributed by atoms with Gasteiger partial charge in [0.15, 0.2) is 0 Å². The second kappa shape index (κ2) is 10.3. The Morgan fingerprint density at radius 2 is 1.84 bits per heavy atom. The first-order valence-corrected chi connectivity index (χ1v) is 8.05. The van der Waals surface area contributed by atoms with Gasteiger partial charge in [-0.25, -0.2) is 0 Å². The molecule has 0 bridgehead atoms. The molecule has 3 N–H and O–H groups in total. The predicted octanol–water partition coefficient (Wildman–Crippen LogP) is 1.30. The normalized spacial score (nSPS) is 19.0. The van der Waals surface area contributed by atoms with Gasteiger partial charge in [0, 0.05) is 30.8 Å². The lowest BCUT2D eigenvalue weighted by atomic mass is 10.1. The standard InChI is InChI=1S/C17H26N2O5.ClH/c1-21-12-8-15(22-2)13(16(9-12)23-3)6-7-19-17(20)14-5-4-11(10-18)24-14;/h8-9,11,14H,4-7,10,18H2,1-3H3,(H,19,20);1H/t11-,14+;/m1./s1. The molecule has 0 spiro atoms. The third kappa shape index (κ3) is 5.39. The summed E-state index contributed by atoms with van der Waals surface area (Å²) >= 11 is 0. The fourth-order valence-electron chi connectivity index (χ4n) is 2.82. The molecule has 1 amide bonds. The first kappa shape index (κ1) is 21.3. The van der Waals surface area contributed by atoms with Crippen molar-refractivity contribution in [1.82, 2.24) is 5.32 Å². The molecule has 1 aromatic carbocycles. The molecule has 25 heavy (non-hydrogen) atoms. The highest BCUT2D eigenvalue weighted by Gasteiger charge is 2.29. The van der Waals surface area contributed by atoms with E-state index in [9.17, 15) is 4.79 Å². The van der Waals surface area contributed by atoms with Gasteiger partial charge in [-0.2, -0.15) is 0 Å². The van der Waals surface area contributed by atoms with Crippen molar-refractivity contribution < 1.29 is 23.7 Å². The van der Waals surface area contributed by atoms with Gasteiger partial charge >= 0.3 is 0 Å². The third-order valence-electron chi connectivity index (χ3n) is 4.15. The molecule has 1 heterocycles. The van der Waals surface area contributed by atoms with Crippen molar-refractivity contribution in [3.63, 3.8) is 0 Å². The molecule has 142 valence electrons. The van der Waals surface area contributed by atoms with Crippen molar-refractivity contribution in [3.05, 3.63) is 17.7 Å². The molecule has 1 saturated heterocycles. The molecule has 1 fully saturated rings. The van der Waals surface area contributed by atoms with Gasteiger partial charge < -0.3 is 30.0 Å². The van der Waals surface area contributed by atoms with Crippen LogP contribution in [0.2, 0.25) is 0 Å². The van der Waals surface area contributed by atoms with E-state index in [-0.39, 0.29) is 24.4 Å². The molecule has 0 saturated carbocycles. The second-order valence-corrected chi connectivity index (χ2v) is 5.61. The van der Waals surface area contributed by atoms with Crippen molar-refractivity contribution in [2.24, 2.45) is 5.73 Å². The Kier molecular flexibility index (Phi) is 8.82. The van der Waals surface area contributed by atoms with Crippen molar-refractivity contribution in [2.45, 2.75) is 31.5 Å². The third-order valence-corrected chi connectivity index (χ3v) is 4.15. The maximum atomic E-state index is 12.1. The van der Waals surface area contributed by atoms with Gasteiger partial charge in [-0.1, -0.05) is 0 Å². The number of benzene rings is 1. The minimum Gasteiger partial charge on any atom is -0.496 e. The zero-order valence-electron chi connectivity index (χ0n) is 14.9. The number of carbonyl (C=O) groups is 1. The fourth-order valence-corrected chi connectivity index (χ4v) is 2.82. The summed E-state index contributed by atoms with van der Waals surface area (Å²) in [6.07, 6.45) is 1.70. The van der Waals surface area contributed by atoms with Crippen LogP contribution in [0.1, 0.15) is 18.4 Å². The lowest BCUT2D eigenvalue weighted by Gasteiger charge is -2.16. The van der Waals surface area contributed by atoms with Gasteiger partial charge in [-0.3, -0.25) is 4.79 Å². The fraction of sp³-hybridized carbons (Fsp3) is 0.588. The summed E-state index contributed by atoms with van der Waals surface area (Å²) in [4.78, 5) is 12.1. The molecular weight excluding hydrogens is 348 g/mol. The van der Waals surface area contributed by atoms with Crippen LogP contribution in [0.5, 0.6) is 17.2 Å². The van der Waals surface area contributed by atoms with E-state index in [1.54, 1.807) is 33.5 Å². The van der Waals surface area contributed by atoms with E-state index in [2.05, 4.69) is 5.32 Å². The van der Waals surface area contributed by atoms with Gasteiger partial charge in [-0.15, -0.1) is 12.4 Å². The summed E-state index contributed by atoms with van der Waals surface area (Å²) in [7, 11) is 4.77. The molecule has 0 aliphatic carbocycles. The summed E-state index contributed by atoms with van der Waals surface area (Å²) < 4.78 is 21.6. The Bertz CT molecular complexity index is 545. The van der Waals surface area contributed by atoms with Gasteiger partial charge in [-0.05, 0) is 19.3 Å². The van der Waals surface area contributed by atoms with Crippen LogP contribution in [0.25, 0.3) is 0 Å². The highest BCUT2D eigenvalue weighted by molar-refractivity contribution is 5.85. The lowest BCUT2D eigenvalue weighted by Crippen LogP contribution is -2.36. The highest BCUT2D eigenvalue weighted by Crippen LogP contribution is 2.34. The number of carbonyl (C=O) groups excluding carboxylic acids is 1. The summed E-state index contributed by atoms with van der Waals surface area (Å²) in [5, 5.41) is 2.90. The number of nitrogens with two attached hydrogens (primary N) is 1. The minimum absolute atomic E-state index is 0. The Morgan fingerprint density at radius 1 is 1.20 bits per heavy atom. The molecule has 1 aliphatic rings. The van der Waals surface area contributed by atoms with E-state index >= 15 is 0 Å². The number of ether oxygens (including phenoxy) is 4. The Morgan fingerprint density at radius 3 is 2.32 bits per heavy atom. The Hall–Kier alpha value is -1.70. The summed E-state index contributed by atoms with van der Waals surface area (Å²) in [6.45, 7) is 0.912. The zero-order chi connectivity index (χ0) is 17.5. The predicted molar refractivity (Wildman–Crippen MR) is 97.0 cm³/mol. The van der Waals surface area contributed by atoms with Crippen LogP contribution in [0.3, 0.4) is 0 Å². The number of rotatable bonds is 8. The second-order valence-electron chi connectivity index (χ2n) is 5.61. The van der Waals surface area contributed by atoms with Crippen LogP contribution in [-0.4, -0.2) is 52.5 Å². The lowest BCUT2D eigenvalue weighted by molar-refractivity contribution is -0.131. The molecule has 1 aromatic rings. The van der Waals surface area contributed by atoms with E-state index in [0.29, 0.717) is 43.2 Å². The number of halogens is 1. The molecule has 0 radical (unpaired) electrons. The maximum absolute atomic E-state index is 12.1. The number of hydrogen-bond acceptors (Lipinski definition) is 6. The average Bonchev–Trinajstić information content (AvgIpc) is 3.10. The Labute approximate surface area is 154 Å². The van der Waals surface area contributed by atoms with Crippen LogP contribution in [-0.2, 0) is 16.0 Å². The van der Waals surface area contributed by atoms with E-state index in [1.165, 1.54) is 0 Å². The van der Waals surface area contributed by atoms with E-state index in [0.717, 1.165) is 12.0 Å². The van der Waals surface area contributed by atoms with Crippen LogP contribution in [0, 0.1) is 0 Å². The average molecular weight is 375 g/mol. The van der Waals surface area contributed by atoms with Crippen LogP contribution in [0.15, 0.2) is 12.1 Å². The van der Waals surface area contributed by atoms with Crippen LogP contribution < -0.4 is 25.3 Å². The molecule has 1 aliphatic heterocycles. The zero-order valence-corrected chi connectivity index (χ0v) is 15.7. The molecule has 0 aromatic heterocycles. The molecular formula is C17H27ClN2O5. The van der Waals surface area contributed by atoms with Gasteiger partial charge in [0.25, 0.3) is 0 Å². The van der Waals surface area contributed by atoms with E-state index < -0.39 is 6.10 Å². The van der Waals surface area contributed by atoms with Gasteiger partial charge in [0.05, 0.1) is 27.4 Å². The van der Waals surface area contributed by atoms with Crippen molar-refractivity contribution in [3.8, 4) is 17.2 Å². The number of amides is 1. The van der Waals surface area contributed by atoms with Crippen molar-refractivity contribution in [2.75, 3.05) is 34.4 Å². The first-order chi connectivity index (χ1) is 11.6. The molecule has 8 heteroatoms. The van der Waals surface area contributed by atoms with E-state index in [1.807, 2.05) is 0 Å². The van der Waals surface area contributed by atoms with Crippen molar-refractivity contribution >= 4 is 18.3 Å². The molecule has 0 unspecified atom stereocenters. The molecule has 7 nitrogen and oxygen atoms in total. The first-order valence-electron chi connectivity index (χ1n) is 8.05. The molecule has 2 rings (SSSR count). The summed E-state index contributed by atoms with van der Waals surface area (Å²) in [5.41, 5.74) is 6.45. The number of methoxy groups -OCH3 is 3. The highest BCUT2D eigenvalue weighted by atomic mass is 35.5. The minimum atomic E-state index is -0.404. The summed E-state index contributed by atoms with van der Waals surface area (Å²) in [6, 6.07) is 3.59. The van der Waals surface area contributed by atoms with E-state index in [4.69, 9.17) is 24.7 Å². The maximum Gasteiger partial charge on any atom is 0.249 e. The van der Waals surface area contributed by atoms with Crippen molar-refractivity contribution in [1.29, 1.82) is 0 Å². The van der Waals surface area contributed by atoms with Gasteiger partial charge in [0.1, 0.15) is 23.4 Å². The monoisotopic (exact) mass is 374 g/mol. The Balaban J connectivity index is 0.00000312. The largest absolute Gasteiger partial charge is 0.496 e. The van der Waals surface area contributed by atoms with Gasteiger partial charge in [0.2, 0.25) is 5.91 Å². The number of nitrogens with one attached hydrogen (secondary N) is 1. The quantitative estimate of drug-likeness (QED) is 0.712. The SMILES string of the molecule is COc1cc(OC)c(CCNC(=O)[C@@H]2CC[C@H](CN)O2)c(OC)c1.Cl. The van der Waals surface area contributed by atoms with Crippen LogP contribution in [0.4, 0.5) is 0 Å². The topological polar surface area (TPSA) is 92.0 Å². The number of hydrogen-bond donors (Lipinski definition) is 2. The smallest absolute Gasteiger partial charge is 0.249 e. The molecule has 2 atom stereocenters.